The Morgan fingerprint density at radius 3 is 0.865 bits per heavy atom. The quantitative estimate of drug-likeness (QED) is 0.0264. The number of unbranched alkanes of at least 4 members (excludes halogenated alkanes) is 30. The van der Waals surface area contributed by atoms with Gasteiger partial charge in [-0.2, -0.15) is 0 Å². The first-order valence-electron chi connectivity index (χ1n) is 36.3. The molecule has 0 heterocycles. The second kappa shape index (κ2) is 72.9. The highest BCUT2D eigenvalue weighted by molar-refractivity contribution is 7.47. The second-order valence-electron chi connectivity index (χ2n) is 23.7. The van der Waals surface area contributed by atoms with Crippen LogP contribution in [-0.4, -0.2) is 49.3 Å². The van der Waals surface area contributed by atoms with Gasteiger partial charge in [0.15, 0.2) is 6.10 Å². The lowest BCUT2D eigenvalue weighted by Gasteiger charge is -2.19. The van der Waals surface area contributed by atoms with Gasteiger partial charge in [0, 0.05) is 19.4 Å². The van der Waals surface area contributed by atoms with Crippen molar-refractivity contribution in [1.29, 1.82) is 0 Å². The Labute approximate surface area is 547 Å². The third-order valence-corrected chi connectivity index (χ3v) is 16.2. The van der Waals surface area contributed by atoms with E-state index in [1.807, 2.05) is 0 Å². The molecule has 2 atom stereocenters. The molecule has 0 saturated heterocycles. The number of ether oxygens (including phenoxy) is 2. The molecule has 3 N–H and O–H groups in total. The van der Waals surface area contributed by atoms with E-state index < -0.39 is 26.5 Å². The number of carbonyl (C=O) groups is 2. The second-order valence-corrected chi connectivity index (χ2v) is 25.1. The van der Waals surface area contributed by atoms with Gasteiger partial charge in [-0.1, -0.05) is 327 Å². The highest BCUT2D eigenvalue weighted by atomic mass is 31.2. The van der Waals surface area contributed by atoms with Crippen molar-refractivity contribution in [1.82, 2.24) is 0 Å². The fraction of sp³-hybridized carbons (Fsp3) is 0.671. The summed E-state index contributed by atoms with van der Waals surface area (Å²) in [4.78, 5) is 35.4. The zero-order valence-corrected chi connectivity index (χ0v) is 58.0. The minimum Gasteiger partial charge on any atom is -0.462 e. The lowest BCUT2D eigenvalue weighted by Crippen LogP contribution is -2.29. The van der Waals surface area contributed by atoms with E-state index in [2.05, 4.69) is 160 Å². The highest BCUT2D eigenvalue weighted by Crippen LogP contribution is 2.43. The summed E-state index contributed by atoms with van der Waals surface area (Å²) in [7, 11) is -4.41. The topological polar surface area (TPSA) is 134 Å². The van der Waals surface area contributed by atoms with E-state index in [0.717, 1.165) is 135 Å². The fourth-order valence-electron chi connectivity index (χ4n) is 9.94. The smallest absolute Gasteiger partial charge is 0.462 e. The van der Waals surface area contributed by atoms with Crippen LogP contribution in [0.15, 0.2) is 146 Å². The van der Waals surface area contributed by atoms with Crippen molar-refractivity contribution in [3.05, 3.63) is 146 Å². The standard InChI is InChI=1S/C79H134NO8P/c1-3-5-7-9-11-13-15-17-19-21-23-25-27-29-31-33-35-36-37-38-39-40-42-43-45-47-49-51-53-55-57-59-61-63-65-67-69-71-78(81)85-75-77(76-87-89(83,84)86-74-73-80)88-79(82)72-70-68-66-64-62-60-58-56-54-52-50-48-46-44-41-34-32-30-28-26-24-22-20-18-16-14-12-10-8-6-4-2/h5-8,11-14,17-20,23-26,30,32,41,44,48,50,54,56,77H,3-4,9-10,15-16,21-22,27-29,31,33-40,42-43,45-47,49,51-53,55,57-76,80H2,1-2H3,(H,83,84)/b7-5-,8-6-,13-11-,14-12-,19-17-,20-18-,25-23-,26-24-,32-30-,44-41-,50-48-,56-54-. The van der Waals surface area contributed by atoms with E-state index in [0.29, 0.717) is 6.42 Å². The van der Waals surface area contributed by atoms with E-state index in [-0.39, 0.29) is 38.6 Å². The van der Waals surface area contributed by atoms with Gasteiger partial charge >= 0.3 is 19.8 Å². The van der Waals surface area contributed by atoms with Crippen molar-refractivity contribution in [2.24, 2.45) is 5.73 Å². The van der Waals surface area contributed by atoms with Crippen molar-refractivity contribution in [2.75, 3.05) is 26.4 Å². The highest BCUT2D eigenvalue weighted by Gasteiger charge is 2.26. The van der Waals surface area contributed by atoms with Crippen LogP contribution in [0, 0.1) is 0 Å². The van der Waals surface area contributed by atoms with Gasteiger partial charge in [0.25, 0.3) is 0 Å². The first-order chi connectivity index (χ1) is 43.8. The molecule has 0 aromatic rings. The van der Waals surface area contributed by atoms with E-state index in [1.165, 1.54) is 141 Å². The molecular weight excluding hydrogens is 1120 g/mol. The molecule has 508 valence electrons. The molecule has 10 heteroatoms. The molecule has 9 nitrogen and oxygen atoms in total. The Morgan fingerprint density at radius 1 is 0.337 bits per heavy atom. The molecule has 89 heavy (non-hydrogen) atoms. The van der Waals surface area contributed by atoms with Crippen LogP contribution in [0.25, 0.3) is 0 Å². The van der Waals surface area contributed by atoms with Gasteiger partial charge in [0.1, 0.15) is 6.61 Å². The van der Waals surface area contributed by atoms with Crippen molar-refractivity contribution < 1.29 is 37.6 Å². The monoisotopic (exact) mass is 1260 g/mol. The molecule has 0 aliphatic rings. The Kier molecular flexibility index (Phi) is 69.6. The predicted octanol–water partition coefficient (Wildman–Crippen LogP) is 24.2. The van der Waals surface area contributed by atoms with Crippen LogP contribution >= 0.6 is 7.82 Å². The summed E-state index contributed by atoms with van der Waals surface area (Å²) < 4.78 is 33.2. The first kappa shape index (κ1) is 84.9. The maximum Gasteiger partial charge on any atom is 0.472 e. The van der Waals surface area contributed by atoms with E-state index in [9.17, 15) is 19.0 Å². The summed E-state index contributed by atoms with van der Waals surface area (Å²) in [6.45, 7) is 3.52. The molecule has 0 spiro atoms. The number of hydrogen-bond acceptors (Lipinski definition) is 8. The van der Waals surface area contributed by atoms with Crippen molar-refractivity contribution in [2.45, 2.75) is 315 Å². The molecular formula is C79H134NO8P. The zero-order valence-electron chi connectivity index (χ0n) is 57.1. The number of nitrogens with two attached hydrogens (primary N) is 1. The van der Waals surface area contributed by atoms with Gasteiger partial charge < -0.3 is 20.1 Å². The average molecular weight is 1260 g/mol. The summed E-state index contributed by atoms with van der Waals surface area (Å²) in [5, 5.41) is 0. The van der Waals surface area contributed by atoms with Gasteiger partial charge in [-0.05, 0) is 116 Å². The van der Waals surface area contributed by atoms with Gasteiger partial charge in [-0.15, -0.1) is 0 Å². The van der Waals surface area contributed by atoms with Gasteiger partial charge in [0.05, 0.1) is 13.2 Å². The van der Waals surface area contributed by atoms with Crippen LogP contribution in [0.5, 0.6) is 0 Å². The summed E-state index contributed by atoms with van der Waals surface area (Å²) in [6.07, 6.45) is 105. The third kappa shape index (κ3) is 72.8. The van der Waals surface area contributed by atoms with Gasteiger partial charge in [0.2, 0.25) is 0 Å². The maximum absolute atomic E-state index is 12.8. The summed E-state index contributed by atoms with van der Waals surface area (Å²) in [5.41, 5.74) is 5.40. The zero-order chi connectivity index (χ0) is 64.4. The Morgan fingerprint density at radius 2 is 0.584 bits per heavy atom. The normalized spacial score (nSPS) is 13.8. The molecule has 0 amide bonds. The summed E-state index contributed by atoms with van der Waals surface area (Å²) in [6, 6.07) is 0. The van der Waals surface area contributed by atoms with Gasteiger partial charge in [-0.3, -0.25) is 18.6 Å². The van der Waals surface area contributed by atoms with Crippen LogP contribution < -0.4 is 5.73 Å². The number of phosphoric ester groups is 1. The lowest BCUT2D eigenvalue weighted by molar-refractivity contribution is -0.161. The van der Waals surface area contributed by atoms with E-state index >= 15 is 0 Å². The molecule has 0 bridgehead atoms. The molecule has 0 aromatic heterocycles. The maximum atomic E-state index is 12.8. The number of esters is 2. The number of phosphoric acid groups is 1. The largest absolute Gasteiger partial charge is 0.472 e. The molecule has 0 radical (unpaired) electrons. The molecule has 0 aliphatic carbocycles. The number of carbonyl (C=O) groups excluding carboxylic acids is 2. The van der Waals surface area contributed by atoms with Crippen molar-refractivity contribution >= 4 is 19.8 Å². The summed E-state index contributed by atoms with van der Waals surface area (Å²) in [5.74, 6) is -0.842. The molecule has 0 aromatic carbocycles. The van der Waals surface area contributed by atoms with Crippen LogP contribution in [-0.2, 0) is 32.7 Å². The van der Waals surface area contributed by atoms with Crippen molar-refractivity contribution in [3.63, 3.8) is 0 Å². The minimum absolute atomic E-state index is 0.0452. The molecule has 0 aliphatic heterocycles. The average Bonchev–Trinajstić information content (AvgIpc) is 3.68. The van der Waals surface area contributed by atoms with Crippen molar-refractivity contribution in [3.8, 4) is 0 Å². The Balaban J connectivity index is 3.89. The van der Waals surface area contributed by atoms with Gasteiger partial charge in [-0.25, -0.2) is 4.57 Å². The van der Waals surface area contributed by atoms with E-state index in [1.54, 1.807) is 0 Å². The molecule has 0 saturated carbocycles. The Bertz CT molecular complexity index is 1970. The predicted molar refractivity (Wildman–Crippen MR) is 385 cm³/mol. The fourth-order valence-corrected chi connectivity index (χ4v) is 10.7. The van der Waals surface area contributed by atoms with Crippen LogP contribution in [0.4, 0.5) is 0 Å². The third-order valence-electron chi connectivity index (χ3n) is 15.2. The van der Waals surface area contributed by atoms with Crippen LogP contribution in [0.3, 0.4) is 0 Å². The molecule has 0 rings (SSSR count). The molecule has 2 unspecified atom stereocenters. The Hall–Kier alpha value is -4.11. The molecule has 0 fully saturated rings. The lowest BCUT2D eigenvalue weighted by atomic mass is 10.0. The van der Waals surface area contributed by atoms with Crippen LogP contribution in [0.2, 0.25) is 0 Å². The summed E-state index contributed by atoms with van der Waals surface area (Å²) >= 11 is 0. The van der Waals surface area contributed by atoms with E-state index in [4.69, 9.17) is 24.3 Å². The van der Waals surface area contributed by atoms with Crippen LogP contribution in [0.1, 0.15) is 309 Å². The first-order valence-corrected chi connectivity index (χ1v) is 37.8. The number of rotatable bonds is 67. The number of hydrogen-bond donors (Lipinski definition) is 2. The minimum atomic E-state index is -4.41. The number of allylic oxidation sites excluding steroid dienone is 24. The SMILES string of the molecule is CC/C=C\C/C=C\C/C=C\C/C=C\C/C=C\C/C=C\C/C=C\C/C=C\CCCCCCCCC(=O)OC(COC(=O)CCCCCCCCCCCCCCCCCCCCCCCCCC/C=C\C/C=C\C/C=C\C/C=C\CC)COP(=O)(O)OCCN.